The van der Waals surface area contributed by atoms with Gasteiger partial charge in [-0.3, -0.25) is 14.4 Å². The number of aromatic hydroxyl groups is 1. The molecule has 0 spiro atoms. The van der Waals surface area contributed by atoms with Gasteiger partial charge in [0, 0.05) is 36.4 Å². The monoisotopic (exact) mass is 681 g/mol. The Bertz CT molecular complexity index is 2010. The number of ether oxygens (including phenoxy) is 1. The van der Waals surface area contributed by atoms with Crippen molar-refractivity contribution in [2.75, 3.05) is 19.7 Å². The molecule has 0 aromatic heterocycles. The third-order valence-corrected chi connectivity index (χ3v) is 10.6. The molecular weight excluding hydrogens is 646 g/mol. The predicted molar refractivity (Wildman–Crippen MR) is 177 cm³/mol. The molecule has 13 nitrogen and oxygen atoms in total. The lowest BCUT2D eigenvalue weighted by atomic mass is 9.55. The zero-order chi connectivity index (χ0) is 35.7. The number of phenols is 1. The van der Waals surface area contributed by atoms with E-state index < -0.39 is 81.1 Å². The average molecular weight is 682 g/mol. The minimum absolute atomic E-state index is 0.0647. The van der Waals surface area contributed by atoms with Crippen LogP contribution in [-0.2, 0) is 19.9 Å². The van der Waals surface area contributed by atoms with E-state index in [4.69, 9.17) is 10.5 Å². The Kier molecular flexibility index (Phi) is 7.81. The van der Waals surface area contributed by atoms with Crippen molar-refractivity contribution < 1.29 is 49.4 Å². The van der Waals surface area contributed by atoms with Crippen LogP contribution in [0.1, 0.15) is 46.3 Å². The molecule has 0 unspecified atom stereocenters. The summed E-state index contributed by atoms with van der Waals surface area (Å²) < 4.78 is 5.56. The number of hydrogen-bond acceptors (Lipinski definition) is 11. The highest BCUT2D eigenvalue weighted by Gasteiger charge is 2.65. The van der Waals surface area contributed by atoms with Crippen molar-refractivity contribution in [1.29, 1.82) is 0 Å². The van der Waals surface area contributed by atoms with Gasteiger partial charge in [-0.05, 0) is 47.2 Å². The summed E-state index contributed by atoms with van der Waals surface area (Å²) in [5.41, 5.74) is 3.18. The van der Waals surface area contributed by atoms with Crippen molar-refractivity contribution in [1.82, 2.24) is 10.6 Å². The number of alkyl carbamates (subject to hydrolysis) is 1. The molecule has 258 valence electrons. The van der Waals surface area contributed by atoms with Gasteiger partial charge < -0.3 is 46.6 Å². The number of carbonyl (C=O) groups excluding carboxylic acids is 4. The number of aliphatic hydroxyl groups excluding tert-OH is 2. The van der Waals surface area contributed by atoms with E-state index in [2.05, 4.69) is 10.6 Å². The number of hydrogen-bond donors (Lipinski definition) is 8. The fraction of sp³-hybridized carbons (Fsp3) is 0.297. The van der Waals surface area contributed by atoms with Crippen LogP contribution in [0.4, 0.5) is 4.79 Å². The SMILES string of the molecule is C[C@@]1(O)c2cccc(O)c2C(=O)C2=C(O)[C@]3(O)C(=O)C(C(N)=O)=C(O)[C@@H](NCCNC(=O)OCC4c5ccccc5-c5ccccc54)[C@@H]3C[C@@H]21. The number of rotatable bonds is 7. The van der Waals surface area contributed by atoms with Crippen molar-refractivity contribution in [2.24, 2.45) is 17.6 Å². The highest BCUT2D eigenvalue weighted by Crippen LogP contribution is 2.56. The summed E-state index contributed by atoms with van der Waals surface area (Å²) in [5, 5.41) is 62.3. The summed E-state index contributed by atoms with van der Waals surface area (Å²) in [7, 11) is 0. The zero-order valence-corrected chi connectivity index (χ0v) is 26.8. The molecule has 2 amide bonds. The number of primary amides is 1. The lowest BCUT2D eigenvalue weighted by Crippen LogP contribution is -2.65. The first-order valence-electron chi connectivity index (χ1n) is 16.2. The van der Waals surface area contributed by atoms with Crippen LogP contribution in [0.5, 0.6) is 5.75 Å². The summed E-state index contributed by atoms with van der Waals surface area (Å²) in [6.07, 6.45) is -1.05. The van der Waals surface area contributed by atoms with Crippen molar-refractivity contribution in [2.45, 2.75) is 36.5 Å². The van der Waals surface area contributed by atoms with Crippen LogP contribution in [0.15, 0.2) is 89.4 Å². The van der Waals surface area contributed by atoms with Gasteiger partial charge in [-0.2, -0.15) is 0 Å². The molecule has 4 aliphatic carbocycles. The van der Waals surface area contributed by atoms with Gasteiger partial charge in [0.05, 0.1) is 17.2 Å². The largest absolute Gasteiger partial charge is 0.510 e. The molecule has 0 fully saturated rings. The van der Waals surface area contributed by atoms with Crippen LogP contribution in [0.3, 0.4) is 0 Å². The van der Waals surface area contributed by atoms with Gasteiger partial charge in [0.25, 0.3) is 5.91 Å². The molecule has 0 saturated carbocycles. The van der Waals surface area contributed by atoms with Gasteiger partial charge >= 0.3 is 6.09 Å². The van der Waals surface area contributed by atoms with Crippen molar-refractivity contribution in [3.05, 3.63) is 112 Å². The number of nitrogens with two attached hydrogens (primary N) is 1. The number of phenolic OH excluding ortho intramolecular Hbond substituents is 1. The predicted octanol–water partition coefficient (Wildman–Crippen LogP) is 2.35. The number of Topliss-reactive ketones (excluding diaryl/α,β-unsaturated/α-hetero) is 2. The fourth-order valence-electron chi connectivity index (χ4n) is 8.21. The number of nitrogens with one attached hydrogen (secondary N) is 2. The van der Waals surface area contributed by atoms with Crippen LogP contribution in [0.2, 0.25) is 0 Å². The fourth-order valence-corrected chi connectivity index (χ4v) is 8.21. The minimum Gasteiger partial charge on any atom is -0.510 e. The Labute approximate surface area is 285 Å². The van der Waals surface area contributed by atoms with Crippen LogP contribution in [-0.4, -0.2) is 80.4 Å². The molecule has 0 bridgehead atoms. The van der Waals surface area contributed by atoms with Crippen LogP contribution in [0.25, 0.3) is 11.1 Å². The Balaban J connectivity index is 1.10. The van der Waals surface area contributed by atoms with E-state index in [0.29, 0.717) is 0 Å². The van der Waals surface area contributed by atoms with Gasteiger partial charge in [0.15, 0.2) is 11.4 Å². The molecule has 0 heterocycles. The summed E-state index contributed by atoms with van der Waals surface area (Å²) >= 11 is 0. The molecule has 3 aromatic carbocycles. The van der Waals surface area contributed by atoms with Crippen LogP contribution >= 0.6 is 0 Å². The van der Waals surface area contributed by atoms with Gasteiger partial charge in [0.1, 0.15) is 29.4 Å². The van der Waals surface area contributed by atoms with E-state index >= 15 is 0 Å². The first kappa shape index (κ1) is 33.0. The summed E-state index contributed by atoms with van der Waals surface area (Å²) in [5.74, 6) is -8.87. The number of carbonyl (C=O) groups is 4. The molecule has 0 saturated heterocycles. The normalized spacial score (nSPS) is 26.8. The third kappa shape index (κ3) is 4.72. The molecule has 0 aliphatic heterocycles. The zero-order valence-electron chi connectivity index (χ0n) is 26.8. The quantitative estimate of drug-likeness (QED) is 0.133. The molecule has 3 aromatic rings. The third-order valence-electron chi connectivity index (χ3n) is 10.6. The maximum atomic E-state index is 13.7. The Morgan fingerprint density at radius 1 is 0.920 bits per heavy atom. The van der Waals surface area contributed by atoms with Gasteiger partial charge in [-0.1, -0.05) is 60.7 Å². The van der Waals surface area contributed by atoms with Gasteiger partial charge in [-0.25, -0.2) is 4.79 Å². The number of aliphatic hydroxyl groups is 4. The molecule has 50 heavy (non-hydrogen) atoms. The molecule has 0 radical (unpaired) electrons. The lowest BCUT2D eigenvalue weighted by molar-refractivity contribution is -0.149. The van der Waals surface area contributed by atoms with Crippen molar-refractivity contribution >= 4 is 23.6 Å². The highest BCUT2D eigenvalue weighted by molar-refractivity contribution is 6.24. The second-order valence-corrected chi connectivity index (χ2v) is 13.2. The molecule has 5 atom stereocenters. The number of amides is 2. The molecular formula is C37H35N3O10. The van der Waals surface area contributed by atoms with Crippen LogP contribution < -0.4 is 16.4 Å². The second kappa shape index (κ2) is 11.8. The lowest BCUT2D eigenvalue weighted by Gasteiger charge is -2.52. The average Bonchev–Trinajstić information content (AvgIpc) is 3.40. The van der Waals surface area contributed by atoms with Gasteiger partial charge in [-0.15, -0.1) is 0 Å². The first-order chi connectivity index (χ1) is 23.8. The maximum absolute atomic E-state index is 13.7. The Morgan fingerprint density at radius 2 is 1.56 bits per heavy atom. The Morgan fingerprint density at radius 3 is 2.20 bits per heavy atom. The van der Waals surface area contributed by atoms with Crippen molar-refractivity contribution in [3.63, 3.8) is 0 Å². The Hall–Kier alpha value is -5.50. The van der Waals surface area contributed by atoms with Crippen molar-refractivity contribution in [3.8, 4) is 16.9 Å². The second-order valence-electron chi connectivity index (χ2n) is 13.2. The standard InChI is InChI=1S/C37H35N3O10/c1-36(48)22-11-6-12-25(41)26(22)30(42)27-23(36)15-24-29(31(43)28(34(38)46)33(45)37(24,49)32(27)44)39-13-14-40-35(47)50-16-21-19-9-4-2-7-17(19)18-8-3-5-10-20(18)21/h2-12,21,23-24,29,39,41,43-44,48-49H,13-16H2,1H3,(H2,38,46)(H,40,47)/t23-,24-,29-,36+,37-/m0/s1. The van der Waals surface area contributed by atoms with E-state index in [1.807, 2.05) is 48.5 Å². The minimum atomic E-state index is -2.91. The molecule has 4 aliphatic rings. The van der Waals surface area contributed by atoms with E-state index in [1.54, 1.807) is 0 Å². The summed E-state index contributed by atoms with van der Waals surface area (Å²) in [6, 6.07) is 18.5. The van der Waals surface area contributed by atoms with E-state index in [1.165, 1.54) is 25.1 Å². The van der Waals surface area contributed by atoms with E-state index in [0.717, 1.165) is 22.3 Å². The number of ketones is 2. The maximum Gasteiger partial charge on any atom is 0.407 e. The smallest absolute Gasteiger partial charge is 0.407 e. The van der Waals surface area contributed by atoms with Crippen LogP contribution in [0, 0.1) is 11.8 Å². The summed E-state index contributed by atoms with van der Waals surface area (Å²) in [6.45, 7) is 1.30. The first-order valence-corrected chi connectivity index (χ1v) is 16.2. The number of benzene rings is 3. The molecule has 13 heteroatoms. The van der Waals surface area contributed by atoms with Gasteiger partial charge in [0.2, 0.25) is 5.78 Å². The van der Waals surface area contributed by atoms with E-state index in [-0.39, 0.29) is 43.2 Å². The highest BCUT2D eigenvalue weighted by atomic mass is 16.5. The van der Waals surface area contributed by atoms with E-state index in [9.17, 15) is 44.7 Å². The number of fused-ring (bicyclic) bond motifs is 6. The topological polar surface area (TPSA) is 229 Å². The summed E-state index contributed by atoms with van der Waals surface area (Å²) in [4.78, 5) is 52.4. The molecule has 9 N–H and O–H groups in total. The molecule has 7 rings (SSSR count).